The lowest BCUT2D eigenvalue weighted by molar-refractivity contribution is 0.320. The maximum atomic E-state index is 6.37. The van der Waals surface area contributed by atoms with Crippen molar-refractivity contribution < 1.29 is 4.52 Å². The van der Waals surface area contributed by atoms with Crippen molar-refractivity contribution in [3.8, 4) is 0 Å². The summed E-state index contributed by atoms with van der Waals surface area (Å²) in [6, 6.07) is 0. The Morgan fingerprint density at radius 3 is 2.55 bits per heavy atom. The lowest BCUT2D eigenvalue weighted by Gasteiger charge is -2.18. The van der Waals surface area contributed by atoms with Gasteiger partial charge in [-0.2, -0.15) is 4.98 Å². The monoisotopic (exact) mass is 299 g/mol. The van der Waals surface area contributed by atoms with Gasteiger partial charge in [-0.15, -0.1) is 12.4 Å². The summed E-state index contributed by atoms with van der Waals surface area (Å²) in [5.74, 6) is 2.75. The number of halogens is 1. The Hall–Kier alpha value is -0.610. The van der Waals surface area contributed by atoms with Crippen LogP contribution in [-0.4, -0.2) is 10.1 Å². The van der Waals surface area contributed by atoms with Gasteiger partial charge in [0.2, 0.25) is 5.89 Å². The van der Waals surface area contributed by atoms with Crippen molar-refractivity contribution in [1.29, 1.82) is 0 Å². The Morgan fingerprint density at radius 1 is 1.25 bits per heavy atom. The number of rotatable bonds is 4. The minimum atomic E-state index is -0.325. The largest absolute Gasteiger partial charge is 0.339 e. The van der Waals surface area contributed by atoms with Gasteiger partial charge < -0.3 is 10.3 Å². The highest BCUT2D eigenvalue weighted by atomic mass is 35.5. The van der Waals surface area contributed by atoms with Gasteiger partial charge in [-0.3, -0.25) is 0 Å². The van der Waals surface area contributed by atoms with E-state index in [4.69, 9.17) is 10.3 Å². The Balaban J connectivity index is 0.00000147. The summed E-state index contributed by atoms with van der Waals surface area (Å²) in [4.78, 5) is 4.60. The fourth-order valence-electron chi connectivity index (χ4n) is 3.71. The van der Waals surface area contributed by atoms with Crippen molar-refractivity contribution >= 4 is 12.4 Å². The second-order valence-corrected chi connectivity index (χ2v) is 6.61. The molecule has 2 saturated carbocycles. The summed E-state index contributed by atoms with van der Waals surface area (Å²) in [7, 11) is 0. The van der Waals surface area contributed by atoms with E-state index >= 15 is 0 Å². The van der Waals surface area contributed by atoms with E-state index in [0.29, 0.717) is 5.92 Å². The molecule has 1 unspecified atom stereocenters. The molecule has 4 nitrogen and oxygen atoms in total. The van der Waals surface area contributed by atoms with E-state index in [2.05, 4.69) is 17.1 Å². The second kappa shape index (κ2) is 6.44. The Labute approximate surface area is 127 Å². The van der Waals surface area contributed by atoms with Crippen LogP contribution in [0.1, 0.15) is 82.3 Å². The number of aromatic nitrogens is 2. The molecule has 1 atom stereocenters. The molecule has 1 heterocycles. The first kappa shape index (κ1) is 15.8. The van der Waals surface area contributed by atoms with Crippen molar-refractivity contribution in [3.05, 3.63) is 11.7 Å². The topological polar surface area (TPSA) is 64.9 Å². The third kappa shape index (κ3) is 3.17. The van der Waals surface area contributed by atoms with Crippen LogP contribution in [0.2, 0.25) is 0 Å². The van der Waals surface area contributed by atoms with Crippen molar-refractivity contribution in [1.82, 2.24) is 10.1 Å². The molecule has 2 aliphatic carbocycles. The molecule has 2 N–H and O–H groups in total. The molecule has 3 rings (SSSR count). The highest BCUT2D eigenvalue weighted by Crippen LogP contribution is 2.37. The third-order valence-electron chi connectivity index (χ3n) is 4.97. The molecule has 5 heteroatoms. The predicted octanol–water partition coefficient (Wildman–Crippen LogP) is 3.90. The molecule has 0 bridgehead atoms. The van der Waals surface area contributed by atoms with Crippen LogP contribution < -0.4 is 5.73 Å². The first-order valence-electron chi connectivity index (χ1n) is 7.80. The molecule has 114 valence electrons. The van der Waals surface area contributed by atoms with Gasteiger partial charge in [-0.25, -0.2) is 0 Å². The minimum Gasteiger partial charge on any atom is -0.339 e. The van der Waals surface area contributed by atoms with Crippen LogP contribution in [0.4, 0.5) is 0 Å². The molecule has 0 amide bonds. The van der Waals surface area contributed by atoms with Gasteiger partial charge in [0.1, 0.15) is 0 Å². The molecule has 1 aromatic rings. The standard InChI is InChI=1S/C15H25N3O.ClH/c1-11(10-12-6-2-3-7-12)13-17-14(18-19-13)15(16)8-4-5-9-15;/h11-12H,2-10,16H2,1H3;1H. The summed E-state index contributed by atoms with van der Waals surface area (Å²) in [5.41, 5.74) is 6.05. The Kier molecular flexibility index (Phi) is 5.08. The fraction of sp³-hybridized carbons (Fsp3) is 0.867. The number of hydrogen-bond acceptors (Lipinski definition) is 4. The molecule has 0 radical (unpaired) electrons. The zero-order chi connectivity index (χ0) is 13.3. The van der Waals surface area contributed by atoms with Crippen LogP contribution in [-0.2, 0) is 5.54 Å². The van der Waals surface area contributed by atoms with E-state index in [1.165, 1.54) is 44.9 Å². The molecule has 20 heavy (non-hydrogen) atoms. The normalized spacial score (nSPS) is 23.7. The Bertz CT molecular complexity index is 423. The molecule has 0 aliphatic heterocycles. The maximum absolute atomic E-state index is 6.37. The zero-order valence-corrected chi connectivity index (χ0v) is 13.1. The van der Waals surface area contributed by atoms with Gasteiger partial charge in [-0.1, -0.05) is 50.6 Å². The van der Waals surface area contributed by atoms with E-state index in [1.54, 1.807) is 0 Å². The molecule has 2 fully saturated rings. The van der Waals surface area contributed by atoms with Gasteiger partial charge in [0.15, 0.2) is 5.82 Å². The molecule has 1 aromatic heterocycles. The molecule has 0 spiro atoms. The van der Waals surface area contributed by atoms with Crippen LogP contribution >= 0.6 is 12.4 Å². The van der Waals surface area contributed by atoms with Crippen LogP contribution in [0.3, 0.4) is 0 Å². The first-order chi connectivity index (χ1) is 9.17. The Morgan fingerprint density at radius 2 is 1.90 bits per heavy atom. The molecule has 0 saturated heterocycles. The van der Waals surface area contributed by atoms with Crippen molar-refractivity contribution in [2.24, 2.45) is 11.7 Å². The van der Waals surface area contributed by atoms with Gasteiger partial charge in [0.05, 0.1) is 5.54 Å². The quantitative estimate of drug-likeness (QED) is 0.915. The van der Waals surface area contributed by atoms with Crippen LogP contribution in [0.25, 0.3) is 0 Å². The third-order valence-corrected chi connectivity index (χ3v) is 4.97. The summed E-state index contributed by atoms with van der Waals surface area (Å²) >= 11 is 0. The predicted molar refractivity (Wildman–Crippen MR) is 80.9 cm³/mol. The van der Waals surface area contributed by atoms with E-state index in [9.17, 15) is 0 Å². The summed E-state index contributed by atoms with van der Waals surface area (Å²) in [5, 5.41) is 4.15. The van der Waals surface area contributed by atoms with Crippen molar-refractivity contribution in [2.75, 3.05) is 0 Å². The van der Waals surface area contributed by atoms with Crippen molar-refractivity contribution in [3.63, 3.8) is 0 Å². The molecular formula is C15H26ClN3O. The number of hydrogen-bond donors (Lipinski definition) is 1. The minimum absolute atomic E-state index is 0. The van der Waals surface area contributed by atoms with Gasteiger partial charge in [0, 0.05) is 5.92 Å². The molecule has 2 aliphatic rings. The average molecular weight is 300 g/mol. The smallest absolute Gasteiger partial charge is 0.229 e. The lowest BCUT2D eigenvalue weighted by atomic mass is 9.94. The number of nitrogens with zero attached hydrogens (tertiary/aromatic N) is 2. The van der Waals surface area contributed by atoms with E-state index in [-0.39, 0.29) is 17.9 Å². The van der Waals surface area contributed by atoms with E-state index < -0.39 is 0 Å². The van der Waals surface area contributed by atoms with Crippen molar-refractivity contribution in [2.45, 2.75) is 76.2 Å². The van der Waals surface area contributed by atoms with Gasteiger partial charge in [-0.05, 0) is 25.2 Å². The van der Waals surface area contributed by atoms with E-state index in [0.717, 1.165) is 30.5 Å². The van der Waals surface area contributed by atoms with Gasteiger partial charge in [0.25, 0.3) is 0 Å². The highest BCUT2D eigenvalue weighted by molar-refractivity contribution is 5.85. The second-order valence-electron chi connectivity index (χ2n) is 6.61. The highest BCUT2D eigenvalue weighted by Gasteiger charge is 2.36. The van der Waals surface area contributed by atoms with Gasteiger partial charge >= 0.3 is 0 Å². The average Bonchev–Trinajstić information content (AvgIpc) is 3.08. The van der Waals surface area contributed by atoms with Crippen LogP contribution in [0.5, 0.6) is 0 Å². The zero-order valence-electron chi connectivity index (χ0n) is 12.3. The maximum Gasteiger partial charge on any atom is 0.229 e. The summed E-state index contributed by atoms with van der Waals surface area (Å²) in [6.07, 6.45) is 11.0. The summed E-state index contributed by atoms with van der Waals surface area (Å²) < 4.78 is 5.47. The number of nitrogens with two attached hydrogens (primary N) is 1. The van der Waals surface area contributed by atoms with E-state index in [1.807, 2.05) is 0 Å². The van der Waals surface area contributed by atoms with Crippen LogP contribution in [0.15, 0.2) is 4.52 Å². The first-order valence-corrected chi connectivity index (χ1v) is 7.80. The molecule has 0 aromatic carbocycles. The SMILES string of the molecule is CC(CC1CCCC1)c1nc(C2(N)CCCC2)no1.Cl. The van der Waals surface area contributed by atoms with Crippen LogP contribution in [0, 0.1) is 5.92 Å². The summed E-state index contributed by atoms with van der Waals surface area (Å²) in [6.45, 7) is 2.20. The molecular weight excluding hydrogens is 274 g/mol. The fourth-order valence-corrected chi connectivity index (χ4v) is 3.71. The lowest BCUT2D eigenvalue weighted by Crippen LogP contribution is -2.34.